The SMILES string of the molecule is C=C(C)C(=O)OCC(O)CC(C)O.[Ir].[c-]1ccccc1-c1ccccn1.[c-]1ccccc1-c1ccccn1. The molecule has 7 heteroatoms. The normalized spacial score (nSPS) is 11.2. The van der Waals surface area contributed by atoms with Gasteiger partial charge in [0.1, 0.15) is 6.61 Å². The maximum Gasteiger partial charge on any atom is 0.333 e. The minimum Gasteiger partial charge on any atom is -0.460 e. The van der Waals surface area contributed by atoms with Crippen LogP contribution in [0.2, 0.25) is 0 Å². The number of aliphatic hydroxyl groups is 2. The molecule has 6 nitrogen and oxygen atoms in total. The van der Waals surface area contributed by atoms with Gasteiger partial charge in [-0.15, -0.1) is 71.8 Å². The molecule has 0 spiro atoms. The Morgan fingerprint density at radius 2 is 1.34 bits per heavy atom. The molecule has 0 saturated heterocycles. The molecule has 4 rings (SSSR count). The summed E-state index contributed by atoms with van der Waals surface area (Å²) in [5, 5.41) is 18.1. The maximum atomic E-state index is 10.8. The predicted octanol–water partition coefficient (Wildman–Crippen LogP) is 5.33. The van der Waals surface area contributed by atoms with Crippen LogP contribution in [0.15, 0.2) is 109 Å². The maximum absolute atomic E-state index is 10.8. The van der Waals surface area contributed by atoms with Crippen LogP contribution in [0.5, 0.6) is 0 Å². The average Bonchev–Trinajstić information content (AvgIpc) is 2.94. The number of pyridine rings is 2. The number of benzene rings is 2. The molecule has 0 fully saturated rings. The minimum absolute atomic E-state index is 0. The zero-order valence-corrected chi connectivity index (χ0v) is 23.8. The summed E-state index contributed by atoms with van der Waals surface area (Å²) in [5.41, 5.74) is 4.32. The molecule has 0 aliphatic carbocycles. The van der Waals surface area contributed by atoms with Gasteiger partial charge in [-0.2, -0.15) is 0 Å². The number of nitrogens with zero attached hydrogens (tertiary/aromatic N) is 2. The van der Waals surface area contributed by atoms with Crippen LogP contribution < -0.4 is 0 Å². The second-order valence-corrected chi connectivity index (χ2v) is 8.10. The summed E-state index contributed by atoms with van der Waals surface area (Å²) in [7, 11) is 0. The fraction of sp³-hybridized carbons (Fsp3) is 0.194. The van der Waals surface area contributed by atoms with E-state index >= 15 is 0 Å². The number of hydrogen-bond acceptors (Lipinski definition) is 6. The first kappa shape index (κ1) is 32.5. The summed E-state index contributed by atoms with van der Waals surface area (Å²) in [6.45, 7) is 6.38. The van der Waals surface area contributed by atoms with Crippen LogP contribution in [-0.2, 0) is 29.6 Å². The third kappa shape index (κ3) is 13.2. The van der Waals surface area contributed by atoms with Crippen LogP contribution in [0.4, 0.5) is 0 Å². The molecule has 38 heavy (non-hydrogen) atoms. The molecule has 0 aliphatic rings. The van der Waals surface area contributed by atoms with Gasteiger partial charge in [-0.3, -0.25) is 0 Å². The van der Waals surface area contributed by atoms with Gasteiger partial charge in [0.15, 0.2) is 0 Å². The van der Waals surface area contributed by atoms with Gasteiger partial charge >= 0.3 is 5.97 Å². The molecule has 2 unspecified atom stereocenters. The number of carbonyl (C=O) groups is 1. The van der Waals surface area contributed by atoms with Crippen molar-refractivity contribution >= 4 is 5.97 Å². The topological polar surface area (TPSA) is 92.5 Å². The fourth-order valence-electron chi connectivity index (χ4n) is 2.91. The van der Waals surface area contributed by atoms with E-state index in [4.69, 9.17) is 5.11 Å². The molecule has 2 heterocycles. The van der Waals surface area contributed by atoms with Crippen molar-refractivity contribution in [3.05, 3.63) is 122 Å². The molecule has 0 aliphatic heterocycles. The predicted molar refractivity (Wildman–Crippen MR) is 145 cm³/mol. The van der Waals surface area contributed by atoms with E-state index in [1.807, 2.05) is 84.9 Å². The van der Waals surface area contributed by atoms with E-state index in [1.54, 1.807) is 19.3 Å². The van der Waals surface area contributed by atoms with E-state index in [1.165, 1.54) is 6.92 Å². The molecule has 0 amide bonds. The van der Waals surface area contributed by atoms with Crippen molar-refractivity contribution in [2.75, 3.05) is 6.61 Å². The summed E-state index contributed by atoms with van der Waals surface area (Å²) >= 11 is 0. The number of hydrogen-bond donors (Lipinski definition) is 2. The first-order valence-electron chi connectivity index (χ1n) is 11.8. The average molecular weight is 689 g/mol. The Hall–Kier alpha value is -3.48. The van der Waals surface area contributed by atoms with E-state index in [9.17, 15) is 9.90 Å². The molecule has 1 radical (unpaired) electrons. The number of ether oxygens (including phenoxy) is 1. The Morgan fingerprint density at radius 3 is 1.68 bits per heavy atom. The van der Waals surface area contributed by atoms with Crippen molar-refractivity contribution in [3.8, 4) is 22.5 Å². The van der Waals surface area contributed by atoms with Gasteiger partial charge in [0.2, 0.25) is 0 Å². The Bertz CT molecular complexity index is 1030. The molecule has 2 atom stereocenters. The van der Waals surface area contributed by atoms with Crippen molar-refractivity contribution in [3.63, 3.8) is 0 Å². The minimum atomic E-state index is -0.816. The summed E-state index contributed by atoms with van der Waals surface area (Å²) < 4.78 is 4.67. The quantitative estimate of drug-likeness (QED) is 0.155. The first-order valence-corrected chi connectivity index (χ1v) is 11.8. The molecule has 2 aromatic carbocycles. The Kier molecular flexibility index (Phi) is 16.0. The van der Waals surface area contributed by atoms with Gasteiger partial charge in [-0.25, -0.2) is 4.79 Å². The van der Waals surface area contributed by atoms with E-state index in [-0.39, 0.29) is 33.1 Å². The molecular weight excluding hydrogens is 657 g/mol. The van der Waals surface area contributed by atoms with Crippen LogP contribution in [0, 0.1) is 12.1 Å². The molecule has 2 aromatic heterocycles. The van der Waals surface area contributed by atoms with Crippen LogP contribution in [-0.4, -0.2) is 45.0 Å². The van der Waals surface area contributed by atoms with Gasteiger partial charge in [-0.05, 0) is 37.4 Å². The van der Waals surface area contributed by atoms with Gasteiger partial charge in [0, 0.05) is 44.5 Å². The van der Waals surface area contributed by atoms with Crippen molar-refractivity contribution in [1.29, 1.82) is 0 Å². The standard InChI is InChI=1S/2C11H8N.C9H16O4.Ir/c2*1-2-6-10(7-3-1)11-8-4-5-9-12-11;1-6(2)9(12)13-5-8(11)4-7(3)10;/h2*1-6,8-9H;7-8,10-11H,1,4-5H2,2-3H3;/q2*-1;;. The van der Waals surface area contributed by atoms with Crippen molar-refractivity contribution in [2.45, 2.75) is 32.5 Å². The van der Waals surface area contributed by atoms with Crippen LogP contribution in [0.25, 0.3) is 22.5 Å². The van der Waals surface area contributed by atoms with E-state index < -0.39 is 18.2 Å². The van der Waals surface area contributed by atoms with Crippen LogP contribution in [0.1, 0.15) is 20.3 Å². The Labute approximate surface area is 238 Å². The summed E-state index contributed by atoms with van der Waals surface area (Å²) in [4.78, 5) is 19.3. The monoisotopic (exact) mass is 689 g/mol. The molecule has 0 saturated carbocycles. The second kappa shape index (κ2) is 18.7. The van der Waals surface area contributed by atoms with Gasteiger partial charge < -0.3 is 24.9 Å². The summed E-state index contributed by atoms with van der Waals surface area (Å²) in [6.07, 6.45) is 2.36. The van der Waals surface area contributed by atoms with Crippen molar-refractivity contribution in [2.24, 2.45) is 0 Å². The number of aromatic nitrogens is 2. The van der Waals surface area contributed by atoms with Gasteiger partial charge in [0.25, 0.3) is 0 Å². The molecular formula is C31H32IrN2O4-2. The molecule has 2 N–H and O–H groups in total. The largest absolute Gasteiger partial charge is 0.460 e. The third-order valence-corrected chi connectivity index (χ3v) is 4.67. The van der Waals surface area contributed by atoms with Gasteiger partial charge in [-0.1, -0.05) is 30.8 Å². The molecule has 0 bridgehead atoms. The first-order chi connectivity index (χ1) is 17.9. The molecule has 201 valence electrons. The third-order valence-electron chi connectivity index (χ3n) is 4.67. The Morgan fingerprint density at radius 1 is 0.868 bits per heavy atom. The number of carbonyl (C=O) groups excluding carboxylic acids is 1. The molecule has 4 aromatic rings. The number of rotatable bonds is 7. The smallest absolute Gasteiger partial charge is 0.333 e. The summed E-state index contributed by atoms with van der Waals surface area (Å²) in [6, 6.07) is 33.6. The van der Waals surface area contributed by atoms with E-state index in [0.29, 0.717) is 5.57 Å². The second-order valence-electron chi connectivity index (χ2n) is 8.10. The van der Waals surface area contributed by atoms with Crippen LogP contribution >= 0.6 is 0 Å². The van der Waals surface area contributed by atoms with E-state index in [2.05, 4.69) is 33.4 Å². The fourth-order valence-corrected chi connectivity index (χ4v) is 2.91. The number of aliphatic hydroxyl groups excluding tert-OH is 2. The van der Waals surface area contributed by atoms with Crippen molar-refractivity contribution in [1.82, 2.24) is 9.97 Å². The van der Waals surface area contributed by atoms with E-state index in [0.717, 1.165) is 22.5 Å². The van der Waals surface area contributed by atoms with Crippen molar-refractivity contribution < 1.29 is 39.8 Å². The zero-order valence-electron chi connectivity index (χ0n) is 21.5. The zero-order chi connectivity index (χ0) is 26.9. The Balaban J connectivity index is 0.000000281. The van der Waals surface area contributed by atoms with Gasteiger partial charge in [0.05, 0.1) is 12.2 Å². The summed E-state index contributed by atoms with van der Waals surface area (Å²) in [5.74, 6) is -0.523. The number of esters is 1. The van der Waals surface area contributed by atoms with Crippen LogP contribution in [0.3, 0.4) is 0 Å².